The number of allylic oxidation sites excluding steroid dienone is 1. The van der Waals surface area contributed by atoms with Gasteiger partial charge in [0, 0.05) is 38.8 Å². The maximum atomic E-state index is 5.56. The van der Waals surface area contributed by atoms with Gasteiger partial charge < -0.3 is 14.8 Å². The third-order valence-corrected chi connectivity index (χ3v) is 4.37. The molecule has 0 radical (unpaired) electrons. The zero-order valence-corrected chi connectivity index (χ0v) is 11.7. The molecule has 0 aromatic heterocycles. The standard InChI is InChI=1S/C15H27NO2/c1-17-12-9-16-13-15(7-10-18-11-8-15)14-5-3-2-4-6-14/h5,16H,2-4,6-13H2,1H3. The molecule has 1 saturated heterocycles. The van der Waals surface area contributed by atoms with Crippen molar-refractivity contribution in [1.29, 1.82) is 0 Å². The Labute approximate surface area is 111 Å². The van der Waals surface area contributed by atoms with E-state index in [1.54, 1.807) is 12.7 Å². The van der Waals surface area contributed by atoms with Crippen LogP contribution < -0.4 is 5.32 Å². The predicted molar refractivity (Wildman–Crippen MR) is 73.8 cm³/mol. The SMILES string of the molecule is COCCNCC1(C2=CCCCC2)CCOCC1. The van der Waals surface area contributed by atoms with Gasteiger partial charge in [0.25, 0.3) is 0 Å². The lowest BCUT2D eigenvalue weighted by Crippen LogP contribution is -2.41. The first kappa shape index (κ1) is 14.0. The Morgan fingerprint density at radius 3 is 2.83 bits per heavy atom. The van der Waals surface area contributed by atoms with Gasteiger partial charge in [0.2, 0.25) is 0 Å². The molecule has 2 rings (SSSR count). The number of rotatable bonds is 6. The van der Waals surface area contributed by atoms with Crippen LogP contribution in [0.5, 0.6) is 0 Å². The lowest BCUT2D eigenvalue weighted by atomic mass is 9.70. The van der Waals surface area contributed by atoms with Crippen LogP contribution >= 0.6 is 0 Å². The molecular weight excluding hydrogens is 226 g/mol. The van der Waals surface area contributed by atoms with Crippen molar-refractivity contribution < 1.29 is 9.47 Å². The second-order valence-corrected chi connectivity index (χ2v) is 5.54. The minimum Gasteiger partial charge on any atom is -0.383 e. The van der Waals surface area contributed by atoms with Crippen molar-refractivity contribution in [2.24, 2.45) is 5.41 Å². The van der Waals surface area contributed by atoms with Gasteiger partial charge in [-0.3, -0.25) is 0 Å². The number of nitrogens with one attached hydrogen (secondary N) is 1. The zero-order valence-electron chi connectivity index (χ0n) is 11.7. The summed E-state index contributed by atoms with van der Waals surface area (Å²) in [6.45, 7) is 4.68. The Hall–Kier alpha value is -0.380. The van der Waals surface area contributed by atoms with Crippen molar-refractivity contribution >= 4 is 0 Å². The van der Waals surface area contributed by atoms with E-state index in [0.29, 0.717) is 5.41 Å². The fraction of sp³-hybridized carbons (Fsp3) is 0.867. The molecule has 1 N–H and O–H groups in total. The van der Waals surface area contributed by atoms with E-state index in [1.165, 1.54) is 38.5 Å². The maximum Gasteiger partial charge on any atom is 0.0587 e. The second-order valence-electron chi connectivity index (χ2n) is 5.54. The molecule has 3 heteroatoms. The third kappa shape index (κ3) is 3.56. The molecule has 0 saturated carbocycles. The van der Waals surface area contributed by atoms with E-state index < -0.39 is 0 Å². The van der Waals surface area contributed by atoms with Gasteiger partial charge in [-0.25, -0.2) is 0 Å². The summed E-state index contributed by atoms with van der Waals surface area (Å²) in [5, 5.41) is 3.57. The van der Waals surface area contributed by atoms with E-state index in [-0.39, 0.29) is 0 Å². The Morgan fingerprint density at radius 2 is 2.17 bits per heavy atom. The lowest BCUT2D eigenvalue weighted by molar-refractivity contribution is 0.0295. The van der Waals surface area contributed by atoms with Crippen LogP contribution in [0.4, 0.5) is 0 Å². The summed E-state index contributed by atoms with van der Waals surface area (Å²) in [6, 6.07) is 0. The van der Waals surface area contributed by atoms with E-state index in [2.05, 4.69) is 11.4 Å². The van der Waals surface area contributed by atoms with E-state index in [4.69, 9.17) is 9.47 Å². The van der Waals surface area contributed by atoms with Crippen molar-refractivity contribution in [2.75, 3.05) is 40.0 Å². The molecule has 1 aliphatic heterocycles. The first-order chi connectivity index (χ1) is 8.87. The van der Waals surface area contributed by atoms with E-state index in [0.717, 1.165) is 32.9 Å². The molecular formula is C15H27NO2. The van der Waals surface area contributed by atoms with Crippen LogP contribution in [0.15, 0.2) is 11.6 Å². The summed E-state index contributed by atoms with van der Waals surface area (Å²) in [6.07, 6.45) is 10.2. The maximum absolute atomic E-state index is 5.56. The fourth-order valence-corrected chi connectivity index (χ4v) is 3.20. The minimum atomic E-state index is 0.367. The monoisotopic (exact) mass is 253 g/mol. The quantitative estimate of drug-likeness (QED) is 0.583. The first-order valence-electron chi connectivity index (χ1n) is 7.34. The van der Waals surface area contributed by atoms with E-state index in [1.807, 2.05) is 0 Å². The van der Waals surface area contributed by atoms with Crippen LogP contribution in [0.2, 0.25) is 0 Å². The van der Waals surface area contributed by atoms with Crippen LogP contribution in [0.25, 0.3) is 0 Å². The average Bonchev–Trinajstić information content (AvgIpc) is 2.46. The molecule has 1 heterocycles. The van der Waals surface area contributed by atoms with Gasteiger partial charge in [-0.15, -0.1) is 0 Å². The molecule has 0 atom stereocenters. The van der Waals surface area contributed by atoms with Crippen molar-refractivity contribution in [2.45, 2.75) is 38.5 Å². The topological polar surface area (TPSA) is 30.5 Å². The van der Waals surface area contributed by atoms with E-state index >= 15 is 0 Å². The Bertz CT molecular complexity index is 270. The molecule has 0 spiro atoms. The minimum absolute atomic E-state index is 0.367. The van der Waals surface area contributed by atoms with Gasteiger partial charge in [0.05, 0.1) is 6.61 Å². The molecule has 0 amide bonds. The van der Waals surface area contributed by atoms with Gasteiger partial charge in [-0.2, -0.15) is 0 Å². The Kier molecular flexibility index (Phi) is 5.67. The highest BCUT2D eigenvalue weighted by atomic mass is 16.5. The van der Waals surface area contributed by atoms with Crippen LogP contribution in [0.3, 0.4) is 0 Å². The molecule has 0 unspecified atom stereocenters. The van der Waals surface area contributed by atoms with Gasteiger partial charge >= 0.3 is 0 Å². The highest BCUT2D eigenvalue weighted by Crippen LogP contribution is 2.41. The van der Waals surface area contributed by atoms with E-state index in [9.17, 15) is 0 Å². The predicted octanol–water partition coefficient (Wildman–Crippen LogP) is 2.52. The van der Waals surface area contributed by atoms with Crippen LogP contribution in [-0.4, -0.2) is 40.0 Å². The number of methoxy groups -OCH3 is 1. The van der Waals surface area contributed by atoms with Crippen molar-refractivity contribution in [3.8, 4) is 0 Å². The van der Waals surface area contributed by atoms with Gasteiger partial charge in [0.1, 0.15) is 0 Å². The Morgan fingerprint density at radius 1 is 1.33 bits per heavy atom. The third-order valence-electron chi connectivity index (χ3n) is 4.37. The second kappa shape index (κ2) is 7.27. The van der Waals surface area contributed by atoms with Crippen molar-refractivity contribution in [3.63, 3.8) is 0 Å². The zero-order chi connectivity index (χ0) is 12.7. The highest BCUT2D eigenvalue weighted by Gasteiger charge is 2.35. The van der Waals surface area contributed by atoms with Crippen molar-refractivity contribution in [1.82, 2.24) is 5.32 Å². The molecule has 2 aliphatic rings. The number of hydrogen-bond acceptors (Lipinski definition) is 3. The van der Waals surface area contributed by atoms with Gasteiger partial charge in [-0.1, -0.05) is 11.6 Å². The summed E-state index contributed by atoms with van der Waals surface area (Å²) >= 11 is 0. The number of hydrogen-bond donors (Lipinski definition) is 1. The summed E-state index contributed by atoms with van der Waals surface area (Å²) < 4.78 is 10.7. The highest BCUT2D eigenvalue weighted by molar-refractivity contribution is 5.18. The largest absolute Gasteiger partial charge is 0.383 e. The van der Waals surface area contributed by atoms with Crippen LogP contribution in [0, 0.1) is 5.41 Å². The normalized spacial score (nSPS) is 23.7. The molecule has 0 aromatic carbocycles. The average molecular weight is 253 g/mol. The summed E-state index contributed by atoms with van der Waals surface area (Å²) in [7, 11) is 1.76. The Balaban J connectivity index is 1.95. The van der Waals surface area contributed by atoms with Gasteiger partial charge in [-0.05, 0) is 38.5 Å². The molecule has 104 valence electrons. The first-order valence-corrected chi connectivity index (χ1v) is 7.34. The lowest BCUT2D eigenvalue weighted by Gasteiger charge is -2.41. The molecule has 1 aliphatic carbocycles. The number of ether oxygens (including phenoxy) is 2. The molecule has 1 fully saturated rings. The molecule has 3 nitrogen and oxygen atoms in total. The summed E-state index contributed by atoms with van der Waals surface area (Å²) in [4.78, 5) is 0. The molecule has 0 aromatic rings. The van der Waals surface area contributed by atoms with Crippen molar-refractivity contribution in [3.05, 3.63) is 11.6 Å². The van der Waals surface area contributed by atoms with Crippen LogP contribution in [-0.2, 0) is 9.47 Å². The summed E-state index contributed by atoms with van der Waals surface area (Å²) in [5.41, 5.74) is 2.06. The fourth-order valence-electron chi connectivity index (χ4n) is 3.20. The summed E-state index contributed by atoms with van der Waals surface area (Å²) in [5.74, 6) is 0. The smallest absolute Gasteiger partial charge is 0.0587 e. The van der Waals surface area contributed by atoms with Crippen LogP contribution in [0.1, 0.15) is 38.5 Å². The molecule has 18 heavy (non-hydrogen) atoms. The van der Waals surface area contributed by atoms with Gasteiger partial charge in [0.15, 0.2) is 0 Å². The molecule has 0 bridgehead atoms.